The highest BCUT2D eigenvalue weighted by molar-refractivity contribution is 8.33. The Balaban J connectivity index is -0.000000130. The van der Waals surface area contributed by atoms with Crippen molar-refractivity contribution in [2.24, 2.45) is 16.2 Å². The molecule has 2 atom stereocenters. The minimum Gasteiger partial charge on any atom is -0.346 e. The van der Waals surface area contributed by atoms with E-state index in [1.54, 1.807) is 48.5 Å². The number of rotatable bonds is 4. The Morgan fingerprint density at radius 3 is 0.897 bits per heavy atom. The number of hydrogen-bond acceptors (Lipinski definition) is 3. The van der Waals surface area contributed by atoms with Gasteiger partial charge in [-0.25, -0.2) is 0 Å². The number of Topliss-reactive ketones (excluding diaryl/α,β-unsaturated/α-hetero) is 1. The molecule has 0 aromatic rings. The number of carbonyl (C=O) groups excluding carboxylic acids is 1. The summed E-state index contributed by atoms with van der Waals surface area (Å²) in [6.07, 6.45) is -1.67. The van der Waals surface area contributed by atoms with Gasteiger partial charge in [-0.05, 0) is 41.9 Å². The second-order valence-corrected chi connectivity index (χ2v) is 22.9. The molecule has 15 heteroatoms. The number of carbonyl (C=O) groups is 1. The van der Waals surface area contributed by atoms with Gasteiger partial charge in [-0.2, -0.15) is 0 Å². The standard InChI is InChI=1S/C6H12O.2C5H12.C4H9B7OP.C4H9B3OP/c1-5(7)6(2,3)4;2*1-5(2,3)4;1-4(2,3)13(12,10(6)7)11(8)9-5;1-4(2,3)9(6,8)7-5/h1-4H3;2*1-4H3;1-3H3;1-3H3. The van der Waals surface area contributed by atoms with E-state index in [1.807, 2.05) is 20.8 Å². The number of hydrogen-bond donors (Lipinski definition) is 0. The molecular formula is C24H54B10O3P2. The molecule has 0 fully saturated rings. The van der Waals surface area contributed by atoms with Gasteiger partial charge in [-0.1, -0.05) is 118 Å². The van der Waals surface area contributed by atoms with Crippen LogP contribution in [-0.4, -0.2) is 88.7 Å². The van der Waals surface area contributed by atoms with Gasteiger partial charge in [0.25, 0.3) is 0 Å². The van der Waals surface area contributed by atoms with Crippen molar-refractivity contribution < 1.29 is 13.9 Å². The SMILES string of the molecule is CC(=O)C(C)(C)C.CC(C)(C)C.CC(C)(C)C.[B][B]B([B])P(=O)(B([B])[B])C(C)(C)C.[B][B]P([B])(=O)C(C)(C)C. The Labute approximate surface area is 256 Å². The summed E-state index contributed by atoms with van der Waals surface area (Å²) in [5.74, 6) is 0.243. The van der Waals surface area contributed by atoms with Gasteiger partial charge in [0.05, 0.1) is 0 Å². The van der Waals surface area contributed by atoms with E-state index in [1.165, 1.54) is 7.06 Å². The van der Waals surface area contributed by atoms with Crippen LogP contribution < -0.4 is 0 Å². The lowest BCUT2D eigenvalue weighted by Crippen LogP contribution is -2.41. The van der Waals surface area contributed by atoms with E-state index < -0.39 is 36.5 Å². The summed E-state index contributed by atoms with van der Waals surface area (Å²) in [6.45, 7) is 31.1. The molecule has 3 nitrogen and oxygen atoms in total. The molecule has 0 saturated heterocycles. The van der Waals surface area contributed by atoms with Crippen molar-refractivity contribution in [2.75, 3.05) is 0 Å². The van der Waals surface area contributed by atoms with E-state index in [2.05, 4.69) is 55.4 Å². The quantitative estimate of drug-likeness (QED) is 0.310. The normalized spacial score (nSPS) is 14.7. The summed E-state index contributed by atoms with van der Waals surface area (Å²) >= 11 is 0. The second-order valence-electron chi connectivity index (χ2n) is 15.9. The molecule has 208 valence electrons. The highest BCUT2D eigenvalue weighted by Gasteiger charge is 2.42. The van der Waals surface area contributed by atoms with Crippen LogP contribution >= 0.6 is 13.8 Å². The van der Waals surface area contributed by atoms with Crippen molar-refractivity contribution in [1.82, 2.24) is 0 Å². The van der Waals surface area contributed by atoms with Crippen molar-refractivity contribution in [3.05, 3.63) is 0 Å². The van der Waals surface area contributed by atoms with Crippen LogP contribution in [0, 0.1) is 16.2 Å². The van der Waals surface area contributed by atoms with E-state index in [9.17, 15) is 13.9 Å². The van der Waals surface area contributed by atoms with Crippen molar-refractivity contribution in [1.29, 1.82) is 0 Å². The summed E-state index contributed by atoms with van der Waals surface area (Å²) in [6, 6.07) is 0. The molecule has 0 aliphatic rings. The highest BCUT2D eigenvalue weighted by atomic mass is 31.2. The fourth-order valence-electron chi connectivity index (χ4n) is 1.44. The first-order valence-electron chi connectivity index (χ1n) is 13.3. The summed E-state index contributed by atoms with van der Waals surface area (Å²) < 4.78 is 23.6. The molecule has 0 amide bonds. The maximum atomic E-state index is 12.4. The zero-order chi connectivity index (χ0) is 33.6. The molecule has 0 heterocycles. The maximum Gasteiger partial charge on any atom is 0.150 e. The summed E-state index contributed by atoms with van der Waals surface area (Å²) in [5.41, 5.74) is 0.861. The molecule has 0 aliphatic carbocycles. The molecule has 0 aliphatic heterocycles. The third-order valence-electron chi connectivity index (χ3n) is 4.46. The fraction of sp³-hybridized carbons (Fsp3) is 0.958. The van der Waals surface area contributed by atoms with Gasteiger partial charge < -0.3 is 9.13 Å². The van der Waals surface area contributed by atoms with Gasteiger partial charge >= 0.3 is 0 Å². The van der Waals surface area contributed by atoms with E-state index in [0.29, 0.717) is 10.8 Å². The van der Waals surface area contributed by atoms with Gasteiger partial charge in [0.2, 0.25) is 0 Å². The molecule has 14 radical (unpaired) electrons. The van der Waals surface area contributed by atoms with Crippen LogP contribution in [-0.2, 0) is 13.9 Å². The van der Waals surface area contributed by atoms with E-state index >= 15 is 0 Å². The molecule has 2 unspecified atom stereocenters. The van der Waals surface area contributed by atoms with Crippen molar-refractivity contribution in [3.63, 3.8) is 0 Å². The Kier molecular flexibility index (Phi) is 24.3. The maximum absolute atomic E-state index is 12.4. The van der Waals surface area contributed by atoms with Gasteiger partial charge in [-0.3, -0.25) is 4.79 Å². The first-order chi connectivity index (χ1) is 16.4. The summed E-state index contributed by atoms with van der Waals surface area (Å²) in [5, 5.41) is -0.932. The van der Waals surface area contributed by atoms with Crippen LogP contribution in [0.2, 0.25) is 0 Å². The lowest BCUT2D eigenvalue weighted by Gasteiger charge is -2.39. The second kappa shape index (κ2) is 19.1. The Morgan fingerprint density at radius 1 is 0.641 bits per heavy atom. The lowest BCUT2D eigenvalue weighted by atomic mass is 9.18. The van der Waals surface area contributed by atoms with Crippen molar-refractivity contribution in [3.8, 4) is 0 Å². The Hall–Kier alpha value is 0.779. The Morgan fingerprint density at radius 2 is 0.872 bits per heavy atom. The third kappa shape index (κ3) is 30.1. The first-order valence-corrected chi connectivity index (χ1v) is 17.0. The minimum atomic E-state index is -2.91. The largest absolute Gasteiger partial charge is 0.346 e. The average Bonchev–Trinajstić information content (AvgIpc) is 2.62. The van der Waals surface area contributed by atoms with Crippen LogP contribution in [0.1, 0.15) is 125 Å². The van der Waals surface area contributed by atoms with Crippen LogP contribution in [0.4, 0.5) is 0 Å². The zero-order valence-electron chi connectivity index (χ0n) is 28.9. The van der Waals surface area contributed by atoms with Gasteiger partial charge in [-0.15, -0.1) is 0 Å². The molecule has 0 spiro atoms. The first kappa shape index (κ1) is 49.5. The van der Waals surface area contributed by atoms with Crippen molar-refractivity contribution >= 4 is 92.2 Å². The van der Waals surface area contributed by atoms with Gasteiger partial charge in [0.15, 0.2) is 0 Å². The monoisotopic (exact) mass is 562 g/mol. The fourth-order valence-corrected chi connectivity index (χ4v) is 4.33. The molecule has 0 aromatic heterocycles. The van der Waals surface area contributed by atoms with Crippen LogP contribution in [0.15, 0.2) is 0 Å². The van der Waals surface area contributed by atoms with Crippen LogP contribution in [0.25, 0.3) is 0 Å². The van der Waals surface area contributed by atoms with E-state index in [-0.39, 0.29) is 11.2 Å². The zero-order valence-corrected chi connectivity index (χ0v) is 30.7. The molecule has 0 bridgehead atoms. The predicted molar refractivity (Wildman–Crippen MR) is 193 cm³/mol. The molecule has 0 saturated carbocycles. The lowest BCUT2D eigenvalue weighted by molar-refractivity contribution is -0.124. The average molecular weight is 561 g/mol. The van der Waals surface area contributed by atoms with Crippen LogP contribution in [0.3, 0.4) is 0 Å². The molecule has 0 rings (SSSR count). The van der Waals surface area contributed by atoms with Gasteiger partial charge in [0, 0.05) is 51.2 Å². The summed E-state index contributed by atoms with van der Waals surface area (Å²) in [7, 11) is 33.5. The molecule has 39 heavy (non-hydrogen) atoms. The van der Waals surface area contributed by atoms with E-state index in [4.69, 9.17) is 46.3 Å². The smallest absolute Gasteiger partial charge is 0.150 e. The van der Waals surface area contributed by atoms with Crippen molar-refractivity contribution in [2.45, 2.75) is 135 Å². The third-order valence-corrected chi connectivity index (χ3v) is 11.0. The van der Waals surface area contributed by atoms with E-state index in [0.717, 1.165) is 6.89 Å². The molecular weight excluding hydrogens is 506 g/mol. The topological polar surface area (TPSA) is 51.2 Å². The predicted octanol–water partition coefficient (Wildman–Crippen LogP) is 6.07. The number of ketones is 1. The van der Waals surface area contributed by atoms with Crippen LogP contribution in [0.5, 0.6) is 0 Å². The highest BCUT2D eigenvalue weighted by Crippen LogP contribution is 2.58. The minimum absolute atomic E-state index is 0.139. The summed E-state index contributed by atoms with van der Waals surface area (Å²) in [4.78, 5) is 10.5. The Bertz CT molecular complexity index is 735. The van der Waals surface area contributed by atoms with Gasteiger partial charge in [0.1, 0.15) is 32.7 Å². The molecule has 0 aromatic carbocycles. The molecule has 0 N–H and O–H groups in total.